The number of benzene rings is 1. The molecule has 0 bridgehead atoms. The van der Waals surface area contributed by atoms with Gasteiger partial charge in [0.1, 0.15) is 19.0 Å². The summed E-state index contributed by atoms with van der Waals surface area (Å²) in [6.45, 7) is 0.786. The van der Waals surface area contributed by atoms with E-state index in [-0.39, 0.29) is 13.2 Å². The van der Waals surface area contributed by atoms with E-state index in [0.29, 0.717) is 36.0 Å². The van der Waals surface area contributed by atoms with Crippen molar-refractivity contribution in [2.45, 2.75) is 6.54 Å². The summed E-state index contributed by atoms with van der Waals surface area (Å²) in [7, 11) is 0. The molecular formula is C16H15NO6. The normalized spacial score (nSPS) is 12.5. The molecule has 2 aromatic rings. The van der Waals surface area contributed by atoms with Crippen LogP contribution >= 0.6 is 0 Å². The number of hydrogen-bond donors (Lipinski definition) is 1. The van der Waals surface area contributed by atoms with Crippen LogP contribution in [0.15, 0.2) is 41.0 Å². The minimum absolute atomic E-state index is 0.243. The SMILES string of the molecule is O=C(COC(=O)c1ccc2c(c1)OCCO2)NCc1ccco1. The van der Waals surface area contributed by atoms with Gasteiger partial charge < -0.3 is 23.9 Å². The Bertz CT molecular complexity index is 695. The molecule has 3 rings (SSSR count). The quantitative estimate of drug-likeness (QED) is 0.842. The van der Waals surface area contributed by atoms with Crippen molar-refractivity contribution in [1.29, 1.82) is 0 Å². The van der Waals surface area contributed by atoms with E-state index in [4.69, 9.17) is 18.6 Å². The minimum Gasteiger partial charge on any atom is -0.486 e. The van der Waals surface area contributed by atoms with Crippen molar-refractivity contribution < 1.29 is 28.2 Å². The van der Waals surface area contributed by atoms with Crippen molar-refractivity contribution in [3.05, 3.63) is 47.9 Å². The Hall–Kier alpha value is -2.96. The van der Waals surface area contributed by atoms with Crippen molar-refractivity contribution in [3.8, 4) is 11.5 Å². The first-order valence-electron chi connectivity index (χ1n) is 7.08. The molecule has 7 nitrogen and oxygen atoms in total. The second-order valence-electron chi connectivity index (χ2n) is 4.79. The van der Waals surface area contributed by atoms with Crippen LogP contribution in [0.3, 0.4) is 0 Å². The number of hydrogen-bond acceptors (Lipinski definition) is 6. The zero-order valence-corrected chi connectivity index (χ0v) is 12.2. The van der Waals surface area contributed by atoms with E-state index in [1.807, 2.05) is 0 Å². The molecule has 0 aliphatic carbocycles. The third kappa shape index (κ3) is 3.82. The van der Waals surface area contributed by atoms with Crippen molar-refractivity contribution >= 4 is 11.9 Å². The van der Waals surface area contributed by atoms with E-state index in [2.05, 4.69) is 5.32 Å². The maximum absolute atomic E-state index is 12.0. The molecule has 1 N–H and O–H groups in total. The number of furan rings is 1. The molecule has 1 amide bonds. The second-order valence-corrected chi connectivity index (χ2v) is 4.79. The number of carbonyl (C=O) groups is 2. The van der Waals surface area contributed by atoms with E-state index in [9.17, 15) is 9.59 Å². The predicted molar refractivity (Wildman–Crippen MR) is 78.3 cm³/mol. The zero-order valence-electron chi connectivity index (χ0n) is 12.2. The Morgan fingerprint density at radius 2 is 1.96 bits per heavy atom. The largest absolute Gasteiger partial charge is 0.486 e. The van der Waals surface area contributed by atoms with Gasteiger partial charge in [0.25, 0.3) is 5.91 Å². The third-order valence-electron chi connectivity index (χ3n) is 3.15. The topological polar surface area (TPSA) is 87.0 Å². The van der Waals surface area contributed by atoms with Crippen molar-refractivity contribution in [2.24, 2.45) is 0 Å². The highest BCUT2D eigenvalue weighted by Gasteiger charge is 2.16. The molecule has 120 valence electrons. The standard InChI is InChI=1S/C16H15NO6/c18-15(17-9-12-2-1-5-20-12)10-23-16(19)11-3-4-13-14(8-11)22-7-6-21-13/h1-5,8H,6-7,9-10H2,(H,17,18). The number of esters is 1. The predicted octanol–water partition coefficient (Wildman–Crippen LogP) is 1.52. The van der Waals surface area contributed by atoms with Crippen LogP contribution < -0.4 is 14.8 Å². The molecule has 7 heteroatoms. The molecular weight excluding hydrogens is 302 g/mol. The molecule has 1 aliphatic rings. The van der Waals surface area contributed by atoms with E-state index < -0.39 is 11.9 Å². The summed E-state index contributed by atoms with van der Waals surface area (Å²) in [4.78, 5) is 23.6. The van der Waals surface area contributed by atoms with Crippen LogP contribution in [0.2, 0.25) is 0 Å². The van der Waals surface area contributed by atoms with Gasteiger partial charge in [-0.05, 0) is 30.3 Å². The molecule has 0 atom stereocenters. The van der Waals surface area contributed by atoms with E-state index >= 15 is 0 Å². The van der Waals surface area contributed by atoms with Gasteiger partial charge in [0, 0.05) is 0 Å². The average Bonchev–Trinajstić information content (AvgIpc) is 3.11. The highest BCUT2D eigenvalue weighted by molar-refractivity contribution is 5.92. The molecule has 0 spiro atoms. The average molecular weight is 317 g/mol. The summed E-state index contributed by atoms with van der Waals surface area (Å²) in [5, 5.41) is 2.59. The summed E-state index contributed by atoms with van der Waals surface area (Å²) in [6.07, 6.45) is 1.52. The number of amides is 1. The lowest BCUT2D eigenvalue weighted by atomic mass is 10.2. The smallest absolute Gasteiger partial charge is 0.338 e. The summed E-state index contributed by atoms with van der Waals surface area (Å²) < 4.78 is 20.8. The first-order chi connectivity index (χ1) is 11.2. The molecule has 2 heterocycles. The number of rotatable bonds is 5. The molecule has 1 aromatic heterocycles. The Kier molecular flexibility index (Phi) is 4.46. The molecule has 0 fully saturated rings. The van der Waals surface area contributed by atoms with Crippen LogP contribution in [0, 0.1) is 0 Å². The van der Waals surface area contributed by atoms with Gasteiger partial charge in [0.2, 0.25) is 0 Å². The molecule has 0 unspecified atom stereocenters. The van der Waals surface area contributed by atoms with Gasteiger partial charge in [-0.25, -0.2) is 4.79 Å². The van der Waals surface area contributed by atoms with E-state index in [0.717, 1.165) is 0 Å². The van der Waals surface area contributed by atoms with E-state index in [1.165, 1.54) is 12.3 Å². The van der Waals surface area contributed by atoms with E-state index in [1.54, 1.807) is 24.3 Å². The Labute approximate surface area is 132 Å². The maximum Gasteiger partial charge on any atom is 0.338 e. The van der Waals surface area contributed by atoms with Crippen molar-refractivity contribution in [1.82, 2.24) is 5.32 Å². The minimum atomic E-state index is -0.602. The molecule has 0 saturated heterocycles. The molecule has 1 aromatic carbocycles. The molecule has 0 radical (unpaired) electrons. The van der Waals surface area contributed by atoms with Crippen LogP contribution in [0.5, 0.6) is 11.5 Å². The lowest BCUT2D eigenvalue weighted by Gasteiger charge is -2.18. The second kappa shape index (κ2) is 6.87. The lowest BCUT2D eigenvalue weighted by Crippen LogP contribution is -2.28. The molecule has 1 aliphatic heterocycles. The summed E-state index contributed by atoms with van der Waals surface area (Å²) in [6, 6.07) is 8.21. The van der Waals surface area contributed by atoms with Gasteiger partial charge in [-0.2, -0.15) is 0 Å². The summed E-state index contributed by atoms with van der Waals surface area (Å²) >= 11 is 0. The summed E-state index contributed by atoms with van der Waals surface area (Å²) in [5.41, 5.74) is 0.299. The van der Waals surface area contributed by atoms with Gasteiger partial charge in [0.15, 0.2) is 18.1 Å². The van der Waals surface area contributed by atoms with Crippen LogP contribution in [-0.4, -0.2) is 31.7 Å². The number of nitrogens with one attached hydrogen (secondary N) is 1. The first-order valence-corrected chi connectivity index (χ1v) is 7.08. The number of fused-ring (bicyclic) bond motifs is 1. The third-order valence-corrected chi connectivity index (χ3v) is 3.15. The molecule has 0 saturated carbocycles. The van der Waals surface area contributed by atoms with Gasteiger partial charge in [-0.3, -0.25) is 4.79 Å². The van der Waals surface area contributed by atoms with Crippen molar-refractivity contribution in [2.75, 3.05) is 19.8 Å². The number of ether oxygens (including phenoxy) is 3. The Morgan fingerprint density at radius 3 is 2.74 bits per heavy atom. The lowest BCUT2D eigenvalue weighted by molar-refractivity contribution is -0.124. The van der Waals surface area contributed by atoms with Gasteiger partial charge in [-0.15, -0.1) is 0 Å². The van der Waals surface area contributed by atoms with Gasteiger partial charge in [0.05, 0.1) is 18.4 Å². The Balaban J connectivity index is 1.50. The van der Waals surface area contributed by atoms with Gasteiger partial charge >= 0.3 is 5.97 Å². The summed E-state index contributed by atoms with van der Waals surface area (Å²) in [5.74, 6) is 0.691. The highest BCUT2D eigenvalue weighted by atomic mass is 16.6. The van der Waals surface area contributed by atoms with Crippen molar-refractivity contribution in [3.63, 3.8) is 0 Å². The van der Waals surface area contributed by atoms with Gasteiger partial charge in [-0.1, -0.05) is 0 Å². The maximum atomic E-state index is 12.0. The van der Waals surface area contributed by atoms with Crippen LogP contribution in [0.1, 0.15) is 16.1 Å². The number of carbonyl (C=O) groups excluding carboxylic acids is 2. The first kappa shape index (κ1) is 15.0. The van der Waals surface area contributed by atoms with Crippen LogP contribution in [-0.2, 0) is 16.1 Å². The van der Waals surface area contributed by atoms with Crippen LogP contribution in [0.4, 0.5) is 0 Å². The zero-order chi connectivity index (χ0) is 16.1. The highest BCUT2D eigenvalue weighted by Crippen LogP contribution is 2.30. The molecule has 23 heavy (non-hydrogen) atoms. The fourth-order valence-corrected chi connectivity index (χ4v) is 2.03. The monoisotopic (exact) mass is 317 g/mol. The van der Waals surface area contributed by atoms with Crippen LogP contribution in [0.25, 0.3) is 0 Å². The fraction of sp³-hybridized carbons (Fsp3) is 0.250. The Morgan fingerprint density at radius 1 is 1.13 bits per heavy atom. The fourth-order valence-electron chi connectivity index (χ4n) is 2.03.